The van der Waals surface area contributed by atoms with Crippen molar-refractivity contribution in [1.29, 1.82) is 0 Å². The first-order chi connectivity index (χ1) is 5.70. The molecule has 0 aliphatic rings. The SMILES string of the molecule is C#CCNC(=O)CC(C)NCC. The summed E-state index contributed by atoms with van der Waals surface area (Å²) in [6, 6.07) is 0.216. The molecule has 2 N–H and O–H groups in total. The molecule has 1 unspecified atom stereocenters. The fraction of sp³-hybridized carbons (Fsp3) is 0.667. The van der Waals surface area contributed by atoms with Crippen molar-refractivity contribution in [2.75, 3.05) is 13.1 Å². The molecule has 12 heavy (non-hydrogen) atoms. The van der Waals surface area contributed by atoms with Gasteiger partial charge in [0.15, 0.2) is 0 Å². The molecule has 0 saturated heterocycles. The number of hydrogen-bond donors (Lipinski definition) is 2. The van der Waals surface area contributed by atoms with Crippen LogP contribution in [0, 0.1) is 12.3 Å². The van der Waals surface area contributed by atoms with Crippen LogP contribution in [0.25, 0.3) is 0 Å². The molecule has 0 aliphatic carbocycles. The van der Waals surface area contributed by atoms with Crippen LogP contribution in [-0.4, -0.2) is 25.0 Å². The van der Waals surface area contributed by atoms with Gasteiger partial charge in [-0.1, -0.05) is 12.8 Å². The van der Waals surface area contributed by atoms with E-state index >= 15 is 0 Å². The first kappa shape index (κ1) is 11.0. The summed E-state index contributed by atoms with van der Waals surface area (Å²) in [5.74, 6) is 2.35. The predicted octanol–water partition coefficient (Wildman–Crippen LogP) is 0.124. The Morgan fingerprint density at radius 1 is 1.67 bits per heavy atom. The summed E-state index contributed by atoms with van der Waals surface area (Å²) in [7, 11) is 0. The first-order valence-electron chi connectivity index (χ1n) is 4.14. The molecular weight excluding hydrogens is 152 g/mol. The van der Waals surface area contributed by atoms with Gasteiger partial charge in [-0.05, 0) is 13.5 Å². The number of carbonyl (C=O) groups excluding carboxylic acids is 1. The van der Waals surface area contributed by atoms with Crippen molar-refractivity contribution in [2.45, 2.75) is 26.3 Å². The number of carbonyl (C=O) groups is 1. The summed E-state index contributed by atoms with van der Waals surface area (Å²) >= 11 is 0. The van der Waals surface area contributed by atoms with E-state index in [0.717, 1.165) is 6.54 Å². The maximum absolute atomic E-state index is 11.0. The average Bonchev–Trinajstić information content (AvgIpc) is 2.01. The van der Waals surface area contributed by atoms with E-state index in [1.165, 1.54) is 0 Å². The third-order valence-corrected chi connectivity index (χ3v) is 1.43. The molecule has 0 heterocycles. The van der Waals surface area contributed by atoms with Crippen LogP contribution >= 0.6 is 0 Å². The van der Waals surface area contributed by atoms with Crippen LogP contribution in [0.3, 0.4) is 0 Å². The Morgan fingerprint density at radius 3 is 2.83 bits per heavy atom. The Kier molecular flexibility index (Phi) is 6.12. The maximum atomic E-state index is 11.0. The second-order valence-electron chi connectivity index (χ2n) is 2.64. The monoisotopic (exact) mass is 168 g/mol. The minimum absolute atomic E-state index is 0.00130. The van der Waals surface area contributed by atoms with E-state index in [9.17, 15) is 4.79 Å². The Labute approximate surface area is 73.9 Å². The number of nitrogens with one attached hydrogen (secondary N) is 2. The Hall–Kier alpha value is -1.01. The van der Waals surface area contributed by atoms with Crippen molar-refractivity contribution in [3.63, 3.8) is 0 Å². The van der Waals surface area contributed by atoms with Gasteiger partial charge in [0.05, 0.1) is 6.54 Å². The lowest BCUT2D eigenvalue weighted by Crippen LogP contribution is -2.33. The van der Waals surface area contributed by atoms with Crippen LogP contribution in [0.15, 0.2) is 0 Å². The van der Waals surface area contributed by atoms with Gasteiger partial charge >= 0.3 is 0 Å². The van der Waals surface area contributed by atoms with Crippen molar-refractivity contribution < 1.29 is 4.79 Å². The lowest BCUT2D eigenvalue weighted by Gasteiger charge is -2.10. The Morgan fingerprint density at radius 2 is 2.33 bits per heavy atom. The van der Waals surface area contributed by atoms with Gasteiger partial charge in [-0.3, -0.25) is 4.79 Å². The molecule has 0 radical (unpaired) electrons. The molecule has 0 saturated carbocycles. The Bertz CT molecular complexity index is 172. The fourth-order valence-electron chi connectivity index (χ4n) is 0.921. The van der Waals surface area contributed by atoms with Crippen LogP contribution in [0.5, 0.6) is 0 Å². The van der Waals surface area contributed by atoms with Crippen LogP contribution in [0.4, 0.5) is 0 Å². The molecule has 3 nitrogen and oxygen atoms in total. The van der Waals surface area contributed by atoms with Crippen LogP contribution in [0.1, 0.15) is 20.3 Å². The van der Waals surface area contributed by atoms with E-state index in [2.05, 4.69) is 16.6 Å². The van der Waals surface area contributed by atoms with Gasteiger partial charge in [-0.2, -0.15) is 0 Å². The highest BCUT2D eigenvalue weighted by molar-refractivity contribution is 5.76. The third-order valence-electron chi connectivity index (χ3n) is 1.43. The minimum Gasteiger partial charge on any atom is -0.345 e. The van der Waals surface area contributed by atoms with Crippen molar-refractivity contribution in [3.8, 4) is 12.3 Å². The van der Waals surface area contributed by atoms with E-state index in [0.29, 0.717) is 13.0 Å². The zero-order valence-corrected chi connectivity index (χ0v) is 7.68. The summed E-state index contributed by atoms with van der Waals surface area (Å²) in [6.07, 6.45) is 5.47. The van der Waals surface area contributed by atoms with Gasteiger partial charge in [-0.25, -0.2) is 0 Å². The van der Waals surface area contributed by atoms with Crippen LogP contribution < -0.4 is 10.6 Å². The van der Waals surface area contributed by atoms with Gasteiger partial charge < -0.3 is 10.6 Å². The second kappa shape index (κ2) is 6.68. The predicted molar refractivity (Wildman–Crippen MR) is 49.6 cm³/mol. The maximum Gasteiger partial charge on any atom is 0.222 e. The summed E-state index contributed by atoms with van der Waals surface area (Å²) in [6.45, 7) is 5.18. The molecule has 0 aromatic rings. The van der Waals surface area contributed by atoms with Gasteiger partial charge in [0.25, 0.3) is 0 Å². The second-order valence-corrected chi connectivity index (χ2v) is 2.64. The molecule has 0 aromatic carbocycles. The molecule has 3 heteroatoms. The van der Waals surface area contributed by atoms with Crippen LogP contribution in [-0.2, 0) is 4.79 Å². The summed E-state index contributed by atoms with van der Waals surface area (Å²) in [5.41, 5.74) is 0. The minimum atomic E-state index is 0.00130. The molecule has 0 rings (SSSR count). The highest BCUT2D eigenvalue weighted by atomic mass is 16.1. The van der Waals surface area contributed by atoms with Crippen molar-refractivity contribution in [3.05, 3.63) is 0 Å². The van der Waals surface area contributed by atoms with E-state index in [1.807, 2.05) is 13.8 Å². The van der Waals surface area contributed by atoms with Crippen LogP contribution in [0.2, 0.25) is 0 Å². The zero-order chi connectivity index (χ0) is 9.40. The standard InChI is InChI=1S/C9H16N2O/c1-4-6-11-9(12)7-8(3)10-5-2/h1,8,10H,5-7H2,2-3H3,(H,11,12). The highest BCUT2D eigenvalue weighted by Gasteiger charge is 2.05. The van der Waals surface area contributed by atoms with Crippen molar-refractivity contribution in [2.24, 2.45) is 0 Å². The molecule has 0 bridgehead atoms. The lowest BCUT2D eigenvalue weighted by atomic mass is 10.2. The Balaban J connectivity index is 3.48. The number of hydrogen-bond acceptors (Lipinski definition) is 2. The molecular formula is C9H16N2O. The van der Waals surface area contributed by atoms with Crippen molar-refractivity contribution >= 4 is 5.91 Å². The van der Waals surface area contributed by atoms with E-state index in [-0.39, 0.29) is 11.9 Å². The van der Waals surface area contributed by atoms with Gasteiger partial charge in [0, 0.05) is 12.5 Å². The summed E-state index contributed by atoms with van der Waals surface area (Å²) < 4.78 is 0. The zero-order valence-electron chi connectivity index (χ0n) is 7.68. The normalized spacial score (nSPS) is 11.8. The number of terminal acetylenes is 1. The molecule has 1 amide bonds. The quantitative estimate of drug-likeness (QED) is 0.573. The highest BCUT2D eigenvalue weighted by Crippen LogP contribution is 1.88. The third kappa shape index (κ3) is 5.75. The molecule has 0 aliphatic heterocycles. The molecule has 0 aromatic heterocycles. The first-order valence-corrected chi connectivity index (χ1v) is 4.14. The average molecular weight is 168 g/mol. The molecule has 68 valence electrons. The van der Waals surface area contributed by atoms with Gasteiger partial charge in [0.1, 0.15) is 0 Å². The van der Waals surface area contributed by atoms with E-state index < -0.39 is 0 Å². The van der Waals surface area contributed by atoms with Gasteiger partial charge in [-0.15, -0.1) is 6.42 Å². The summed E-state index contributed by atoms with van der Waals surface area (Å²) in [5, 5.41) is 5.75. The topological polar surface area (TPSA) is 41.1 Å². The fourth-order valence-corrected chi connectivity index (χ4v) is 0.921. The van der Waals surface area contributed by atoms with E-state index in [1.54, 1.807) is 0 Å². The summed E-state index contributed by atoms with van der Waals surface area (Å²) in [4.78, 5) is 11.0. The van der Waals surface area contributed by atoms with E-state index in [4.69, 9.17) is 6.42 Å². The smallest absolute Gasteiger partial charge is 0.222 e. The molecule has 1 atom stereocenters. The number of amides is 1. The largest absolute Gasteiger partial charge is 0.345 e. The van der Waals surface area contributed by atoms with Gasteiger partial charge in [0.2, 0.25) is 5.91 Å². The number of rotatable bonds is 5. The lowest BCUT2D eigenvalue weighted by molar-refractivity contribution is -0.121. The molecule has 0 fully saturated rings. The molecule has 0 spiro atoms. The van der Waals surface area contributed by atoms with Crippen molar-refractivity contribution in [1.82, 2.24) is 10.6 Å².